The molecule has 0 amide bonds. The lowest BCUT2D eigenvalue weighted by atomic mass is 9.90. The average Bonchev–Trinajstić information content (AvgIpc) is 3.58. The molecule has 36 heavy (non-hydrogen) atoms. The van der Waals surface area contributed by atoms with Crippen LogP contribution in [0.15, 0.2) is 64.1 Å². The molecule has 2 aliphatic rings. The number of aromatic nitrogens is 1. The minimum atomic E-state index is -1.09. The van der Waals surface area contributed by atoms with E-state index in [4.69, 9.17) is 19.6 Å². The van der Waals surface area contributed by atoms with Crippen LogP contribution >= 0.6 is 11.3 Å². The predicted octanol–water partition coefficient (Wildman–Crippen LogP) is 5.82. The number of oxime groups is 1. The molecular weight excluding hydrogens is 470 g/mol. The Labute approximate surface area is 215 Å². The first kappa shape index (κ1) is 24.0. The lowest BCUT2D eigenvalue weighted by Crippen LogP contribution is -2.38. The molecule has 0 radical (unpaired) electrons. The van der Waals surface area contributed by atoms with Crippen LogP contribution in [0.2, 0.25) is 0 Å². The van der Waals surface area contributed by atoms with Crippen molar-refractivity contribution in [1.29, 1.82) is 5.26 Å². The molecule has 3 heterocycles. The van der Waals surface area contributed by atoms with Gasteiger partial charge in [-0.2, -0.15) is 10.3 Å². The second-order valence-corrected chi connectivity index (χ2v) is 10.2. The number of piperidine rings is 1. The van der Waals surface area contributed by atoms with Crippen LogP contribution in [0, 0.1) is 25.2 Å². The van der Waals surface area contributed by atoms with Crippen LogP contribution in [-0.4, -0.2) is 41.8 Å². The molecule has 1 saturated heterocycles. The van der Waals surface area contributed by atoms with Gasteiger partial charge in [0.2, 0.25) is 0 Å². The number of nitriles is 1. The first-order valence-electron chi connectivity index (χ1n) is 12.1. The molecule has 0 spiro atoms. The summed E-state index contributed by atoms with van der Waals surface area (Å²) in [4.78, 5) is 17.6. The van der Waals surface area contributed by atoms with E-state index in [0.717, 1.165) is 59.2 Å². The second kappa shape index (κ2) is 10.1. The number of aliphatic imine (C=N–C) groups is 1. The third-order valence-electron chi connectivity index (χ3n) is 6.84. The summed E-state index contributed by atoms with van der Waals surface area (Å²) >= 11 is 1.66. The number of thiazole rings is 1. The molecule has 2 aromatic carbocycles. The summed E-state index contributed by atoms with van der Waals surface area (Å²) in [6.45, 7) is 5.85. The van der Waals surface area contributed by atoms with E-state index >= 15 is 0 Å². The minimum Gasteiger partial charge on any atom is -0.468 e. The first-order valence-corrected chi connectivity index (χ1v) is 13.0. The van der Waals surface area contributed by atoms with Crippen LogP contribution in [0.5, 0.6) is 0 Å². The van der Waals surface area contributed by atoms with Crippen molar-refractivity contribution in [1.82, 2.24) is 9.88 Å². The van der Waals surface area contributed by atoms with Gasteiger partial charge in [-0.05, 0) is 43.9 Å². The maximum Gasteiger partial charge on any atom is 0.292 e. The molecule has 5 rings (SSSR count). The van der Waals surface area contributed by atoms with E-state index in [1.165, 1.54) is 5.56 Å². The molecular formula is C28H29N5O2S. The van der Waals surface area contributed by atoms with Gasteiger partial charge < -0.3 is 14.5 Å². The Hall–Kier alpha value is -3.70. The smallest absolute Gasteiger partial charge is 0.292 e. The average molecular weight is 500 g/mol. The lowest BCUT2D eigenvalue weighted by Gasteiger charge is -2.32. The number of hydrogen-bond donors (Lipinski definition) is 0. The van der Waals surface area contributed by atoms with Gasteiger partial charge in [0.1, 0.15) is 11.8 Å². The van der Waals surface area contributed by atoms with Gasteiger partial charge in [0.25, 0.3) is 11.6 Å². The molecule has 0 N–H and O–H groups in total. The molecule has 1 atom stereocenters. The fourth-order valence-electron chi connectivity index (χ4n) is 4.67. The molecule has 1 unspecified atom stereocenters. The summed E-state index contributed by atoms with van der Waals surface area (Å²) in [7, 11) is 1.68. The molecule has 0 aliphatic carbocycles. The second-order valence-electron chi connectivity index (χ2n) is 9.33. The summed E-state index contributed by atoms with van der Waals surface area (Å²) in [6, 6.07) is 18.8. The van der Waals surface area contributed by atoms with E-state index in [1.807, 2.05) is 35.7 Å². The molecule has 3 aromatic rings. The van der Waals surface area contributed by atoms with E-state index in [1.54, 1.807) is 18.4 Å². The van der Waals surface area contributed by atoms with E-state index in [9.17, 15) is 5.26 Å². The normalized spacial score (nSPS) is 20.6. The summed E-state index contributed by atoms with van der Waals surface area (Å²) in [6.07, 6.45) is 2.33. The zero-order chi connectivity index (χ0) is 25.1. The largest absolute Gasteiger partial charge is 0.468 e. The molecule has 0 saturated carbocycles. The topological polar surface area (TPSA) is 83.1 Å². The third-order valence-corrected chi connectivity index (χ3v) is 7.85. The molecule has 7 nitrogen and oxygen atoms in total. The van der Waals surface area contributed by atoms with Crippen molar-refractivity contribution in [2.24, 2.45) is 10.1 Å². The predicted molar refractivity (Wildman–Crippen MR) is 142 cm³/mol. The number of aryl methyl sites for hydroxylation is 2. The quantitative estimate of drug-likeness (QED) is 0.334. The Kier molecular flexibility index (Phi) is 6.75. The van der Waals surface area contributed by atoms with Gasteiger partial charge >= 0.3 is 0 Å². The van der Waals surface area contributed by atoms with Crippen molar-refractivity contribution in [2.45, 2.75) is 44.6 Å². The van der Waals surface area contributed by atoms with Crippen molar-refractivity contribution in [3.05, 3.63) is 81.3 Å². The maximum atomic E-state index is 9.86. The van der Waals surface area contributed by atoms with Gasteiger partial charge in [0, 0.05) is 30.0 Å². The van der Waals surface area contributed by atoms with Crippen LogP contribution in [0.25, 0.3) is 0 Å². The number of hydrogen-bond acceptors (Lipinski definition) is 7. The van der Waals surface area contributed by atoms with Crippen LogP contribution < -0.4 is 0 Å². The zero-order valence-electron chi connectivity index (χ0n) is 20.8. The highest BCUT2D eigenvalue weighted by Crippen LogP contribution is 2.37. The summed E-state index contributed by atoms with van der Waals surface area (Å²) in [5, 5.41) is 17.3. The lowest BCUT2D eigenvalue weighted by molar-refractivity contribution is 0.0243. The Morgan fingerprint density at radius 1 is 1.19 bits per heavy atom. The molecule has 8 heteroatoms. The van der Waals surface area contributed by atoms with Crippen molar-refractivity contribution in [3.8, 4) is 6.07 Å². The summed E-state index contributed by atoms with van der Waals surface area (Å²) in [5.41, 5.74) is 4.51. The Balaban J connectivity index is 1.24. The molecule has 1 fully saturated rings. The van der Waals surface area contributed by atoms with Crippen molar-refractivity contribution in [3.63, 3.8) is 0 Å². The fourth-order valence-corrected chi connectivity index (χ4v) is 5.67. The number of ether oxygens (including phenoxy) is 1. The van der Waals surface area contributed by atoms with E-state index in [0.29, 0.717) is 18.4 Å². The van der Waals surface area contributed by atoms with E-state index < -0.39 is 5.60 Å². The van der Waals surface area contributed by atoms with Crippen molar-refractivity contribution >= 4 is 28.8 Å². The van der Waals surface area contributed by atoms with Crippen LogP contribution in [-0.2, 0) is 15.2 Å². The monoisotopic (exact) mass is 499 g/mol. The number of methoxy groups -OCH3 is 1. The van der Waals surface area contributed by atoms with Gasteiger partial charge in [0.15, 0.2) is 0 Å². The Morgan fingerprint density at radius 3 is 2.69 bits per heavy atom. The first-order chi connectivity index (χ1) is 17.5. The molecule has 2 aliphatic heterocycles. The van der Waals surface area contributed by atoms with Gasteiger partial charge in [0.05, 0.1) is 29.9 Å². The van der Waals surface area contributed by atoms with E-state index in [2.05, 4.69) is 48.2 Å². The number of benzene rings is 2. The molecule has 1 aromatic heterocycles. The summed E-state index contributed by atoms with van der Waals surface area (Å²) < 4.78 is 5.67. The van der Waals surface area contributed by atoms with Crippen molar-refractivity contribution in [2.75, 3.05) is 20.2 Å². The Bertz CT molecular complexity index is 1340. The van der Waals surface area contributed by atoms with Crippen LogP contribution in [0.3, 0.4) is 0 Å². The fraction of sp³-hybridized carbons (Fsp3) is 0.357. The van der Waals surface area contributed by atoms with Crippen LogP contribution in [0.4, 0.5) is 5.69 Å². The zero-order valence-corrected chi connectivity index (χ0v) is 21.6. The number of likely N-dealkylation sites (tertiary alicyclic amines) is 1. The molecule has 184 valence electrons. The number of nitrogens with zero attached hydrogens (tertiary/aromatic N) is 5. The highest BCUT2D eigenvalue weighted by atomic mass is 32.1. The number of rotatable bonds is 4. The number of amidine groups is 1. The van der Waals surface area contributed by atoms with Crippen LogP contribution in [0.1, 0.15) is 52.6 Å². The highest BCUT2D eigenvalue weighted by Gasteiger charge is 2.42. The van der Waals surface area contributed by atoms with Crippen molar-refractivity contribution < 1.29 is 9.57 Å². The van der Waals surface area contributed by atoms with Gasteiger partial charge in [-0.1, -0.05) is 47.6 Å². The maximum absolute atomic E-state index is 9.86. The van der Waals surface area contributed by atoms with Gasteiger partial charge in [-0.3, -0.25) is 0 Å². The van der Waals surface area contributed by atoms with Gasteiger partial charge in [-0.15, -0.1) is 11.3 Å². The molecule has 0 bridgehead atoms. The SMILES string of the molecule is CO/C(=N\c1cc(C)ccc1C)N1CCC(c2nc(C3=NOC(C#N)(c4ccccc4)C3)cs2)CC1. The van der Waals surface area contributed by atoms with E-state index in [-0.39, 0.29) is 0 Å². The highest BCUT2D eigenvalue weighted by molar-refractivity contribution is 7.10. The van der Waals surface area contributed by atoms with Gasteiger partial charge in [-0.25, -0.2) is 4.98 Å². The summed E-state index contributed by atoms with van der Waals surface area (Å²) in [5.74, 6) is 0.372. The Morgan fingerprint density at radius 2 is 1.97 bits per heavy atom. The minimum absolute atomic E-state index is 0.372. The standard InChI is InChI=1S/C28H29N5O2S/c1-19-9-10-20(2)23(15-19)31-27(34-3)33-13-11-21(12-14-33)26-30-25(17-36-26)24-16-28(18-29,35-32-24)22-7-5-4-6-8-22/h4-10,15,17,21H,11-14,16H2,1-3H3/b31-27-. The third kappa shape index (κ3) is 4.71.